The van der Waals surface area contributed by atoms with Gasteiger partial charge < -0.3 is 9.63 Å². The van der Waals surface area contributed by atoms with Crippen LogP contribution in [0.5, 0.6) is 0 Å². The lowest BCUT2D eigenvalue weighted by Gasteiger charge is -2.16. The Morgan fingerprint density at radius 2 is 2.00 bits per heavy atom. The lowest BCUT2D eigenvalue weighted by Crippen LogP contribution is -2.26. The highest BCUT2D eigenvalue weighted by molar-refractivity contribution is 5.80. The second kappa shape index (κ2) is 5.95. The van der Waals surface area contributed by atoms with E-state index in [-0.39, 0.29) is 0 Å². The van der Waals surface area contributed by atoms with Crippen LogP contribution in [0.25, 0.3) is 34.0 Å². The summed E-state index contributed by atoms with van der Waals surface area (Å²) in [5, 5.41) is 22.3. The van der Waals surface area contributed by atoms with E-state index in [1.807, 2.05) is 25.1 Å². The number of aromatic nitrogens is 7. The highest BCUT2D eigenvalue weighted by atomic mass is 16.5. The summed E-state index contributed by atoms with van der Waals surface area (Å²) in [5.41, 5.74) is 2.66. The Bertz CT molecular complexity index is 1080. The fourth-order valence-electron chi connectivity index (χ4n) is 2.65. The molecule has 3 heterocycles. The van der Waals surface area contributed by atoms with Gasteiger partial charge in [-0.25, -0.2) is 9.67 Å². The predicted octanol–water partition coefficient (Wildman–Crippen LogP) is 2.02. The molecule has 0 fully saturated rings. The Kier molecular flexibility index (Phi) is 3.73. The van der Waals surface area contributed by atoms with Gasteiger partial charge in [-0.15, -0.1) is 5.10 Å². The minimum Gasteiger partial charge on any atom is -0.389 e. The molecule has 26 heavy (non-hydrogen) atoms. The van der Waals surface area contributed by atoms with Crippen LogP contribution in [0.2, 0.25) is 0 Å². The Morgan fingerprint density at radius 3 is 2.77 bits per heavy atom. The second-order valence-corrected chi connectivity index (χ2v) is 6.68. The second-order valence-electron chi connectivity index (χ2n) is 6.68. The van der Waals surface area contributed by atoms with Crippen molar-refractivity contribution in [3.63, 3.8) is 0 Å². The van der Waals surface area contributed by atoms with Gasteiger partial charge in [0.05, 0.1) is 23.4 Å². The van der Waals surface area contributed by atoms with Crippen molar-refractivity contribution < 1.29 is 9.63 Å². The lowest BCUT2D eigenvalue weighted by molar-refractivity contribution is 0.0585. The quantitative estimate of drug-likeness (QED) is 0.593. The van der Waals surface area contributed by atoms with Gasteiger partial charge >= 0.3 is 0 Å². The summed E-state index contributed by atoms with van der Waals surface area (Å²) in [5.74, 6) is 0.750. The summed E-state index contributed by atoms with van der Waals surface area (Å²) in [6.45, 7) is 5.63. The van der Waals surface area contributed by atoms with E-state index in [0.717, 1.165) is 11.1 Å². The van der Waals surface area contributed by atoms with Crippen molar-refractivity contribution >= 4 is 11.0 Å². The van der Waals surface area contributed by atoms with Gasteiger partial charge in [0, 0.05) is 18.0 Å². The van der Waals surface area contributed by atoms with Crippen LogP contribution in [0.4, 0.5) is 0 Å². The number of hydrogen-bond acceptors (Lipinski definition) is 8. The van der Waals surface area contributed by atoms with Gasteiger partial charge in [-0.1, -0.05) is 10.4 Å². The highest BCUT2D eigenvalue weighted by Gasteiger charge is 2.18. The molecular formula is C17H17N7O2. The maximum atomic E-state index is 9.98. The largest absolute Gasteiger partial charge is 0.389 e. The zero-order valence-corrected chi connectivity index (χ0v) is 14.6. The number of fused-ring (bicyclic) bond motifs is 1. The van der Waals surface area contributed by atoms with Crippen molar-refractivity contribution in [1.29, 1.82) is 0 Å². The number of hydrogen-bond donors (Lipinski definition) is 1. The van der Waals surface area contributed by atoms with Crippen LogP contribution in [-0.4, -0.2) is 45.8 Å². The van der Waals surface area contributed by atoms with E-state index >= 15 is 0 Å². The van der Waals surface area contributed by atoms with Gasteiger partial charge in [0.15, 0.2) is 0 Å². The minimum atomic E-state index is -0.879. The van der Waals surface area contributed by atoms with Crippen molar-refractivity contribution in [2.24, 2.45) is 0 Å². The first-order valence-electron chi connectivity index (χ1n) is 8.08. The molecule has 132 valence electrons. The molecule has 0 saturated heterocycles. The monoisotopic (exact) mass is 351 g/mol. The van der Waals surface area contributed by atoms with Crippen LogP contribution in [0.15, 0.2) is 35.1 Å². The molecule has 0 aliphatic carbocycles. The molecular weight excluding hydrogens is 334 g/mol. The van der Waals surface area contributed by atoms with Crippen LogP contribution < -0.4 is 0 Å². The molecule has 0 saturated carbocycles. The maximum Gasteiger partial charge on any atom is 0.278 e. The van der Waals surface area contributed by atoms with Gasteiger partial charge in [0.25, 0.3) is 5.89 Å². The van der Waals surface area contributed by atoms with E-state index in [1.54, 1.807) is 30.9 Å². The number of rotatable bonds is 4. The average Bonchev–Trinajstić information content (AvgIpc) is 3.21. The zero-order valence-electron chi connectivity index (χ0n) is 14.6. The third-order valence-corrected chi connectivity index (χ3v) is 3.82. The third kappa shape index (κ3) is 3.04. The van der Waals surface area contributed by atoms with Gasteiger partial charge in [0.1, 0.15) is 11.2 Å². The van der Waals surface area contributed by atoms with Gasteiger partial charge in [-0.3, -0.25) is 4.98 Å². The fraction of sp³-hybridized carbons (Fsp3) is 0.294. The van der Waals surface area contributed by atoms with Crippen molar-refractivity contribution in [1.82, 2.24) is 35.1 Å². The molecule has 0 spiro atoms. The molecule has 9 heteroatoms. The van der Waals surface area contributed by atoms with E-state index in [1.165, 1.54) is 0 Å². The normalized spacial score (nSPS) is 12.0. The summed E-state index contributed by atoms with van der Waals surface area (Å²) in [4.78, 5) is 12.8. The average molecular weight is 351 g/mol. The Hall–Kier alpha value is -3.20. The molecule has 0 aliphatic rings. The maximum absolute atomic E-state index is 9.98. The number of aliphatic hydroxyl groups is 1. The molecule has 0 atom stereocenters. The van der Waals surface area contributed by atoms with E-state index in [9.17, 15) is 5.11 Å². The van der Waals surface area contributed by atoms with Crippen LogP contribution in [-0.2, 0) is 6.54 Å². The SMILES string of the molecule is Cc1nccnc1-c1nc(-c2ccc3c(c2)nnn3CC(C)(C)O)no1. The number of nitrogens with zero attached hydrogens (tertiary/aromatic N) is 7. The summed E-state index contributed by atoms with van der Waals surface area (Å²) in [6.07, 6.45) is 3.19. The van der Waals surface area contributed by atoms with Crippen LogP contribution in [0.1, 0.15) is 19.5 Å². The first-order valence-corrected chi connectivity index (χ1v) is 8.08. The molecule has 0 bridgehead atoms. The first-order chi connectivity index (χ1) is 12.4. The third-order valence-electron chi connectivity index (χ3n) is 3.82. The van der Waals surface area contributed by atoms with E-state index in [2.05, 4.69) is 30.4 Å². The molecule has 3 aromatic heterocycles. The van der Waals surface area contributed by atoms with Crippen molar-refractivity contribution in [2.45, 2.75) is 32.9 Å². The Balaban J connectivity index is 1.69. The van der Waals surface area contributed by atoms with Gasteiger partial charge in [-0.2, -0.15) is 4.98 Å². The van der Waals surface area contributed by atoms with Gasteiger partial charge in [-0.05, 0) is 39.0 Å². The number of aryl methyl sites for hydroxylation is 1. The van der Waals surface area contributed by atoms with E-state index < -0.39 is 5.60 Å². The molecule has 0 amide bonds. The van der Waals surface area contributed by atoms with Crippen molar-refractivity contribution in [2.75, 3.05) is 0 Å². The van der Waals surface area contributed by atoms with Crippen molar-refractivity contribution in [3.05, 3.63) is 36.3 Å². The highest BCUT2D eigenvalue weighted by Crippen LogP contribution is 2.25. The molecule has 0 aliphatic heterocycles. The van der Waals surface area contributed by atoms with Crippen LogP contribution in [0.3, 0.4) is 0 Å². The smallest absolute Gasteiger partial charge is 0.278 e. The van der Waals surface area contributed by atoms with Crippen molar-refractivity contribution in [3.8, 4) is 23.0 Å². The topological polar surface area (TPSA) is 116 Å². The Morgan fingerprint density at radius 1 is 1.19 bits per heavy atom. The molecule has 0 unspecified atom stereocenters. The van der Waals surface area contributed by atoms with E-state index in [0.29, 0.717) is 35.2 Å². The van der Waals surface area contributed by atoms with Crippen LogP contribution >= 0.6 is 0 Å². The Labute approximate surface area is 148 Å². The molecule has 1 N–H and O–H groups in total. The van der Waals surface area contributed by atoms with Crippen LogP contribution in [0, 0.1) is 6.92 Å². The fourth-order valence-corrected chi connectivity index (χ4v) is 2.65. The molecule has 9 nitrogen and oxygen atoms in total. The molecule has 4 aromatic rings. The van der Waals surface area contributed by atoms with E-state index in [4.69, 9.17) is 4.52 Å². The standard InChI is InChI=1S/C17H17N7O2/c1-10-14(19-7-6-18-10)16-20-15(22-26-16)11-4-5-13-12(8-11)21-23-24(13)9-17(2,3)25/h4-8,25H,9H2,1-3H3. The molecule has 0 radical (unpaired) electrons. The lowest BCUT2D eigenvalue weighted by atomic mass is 10.1. The summed E-state index contributed by atoms with van der Waals surface area (Å²) in [6, 6.07) is 5.58. The summed E-state index contributed by atoms with van der Waals surface area (Å²) < 4.78 is 7.00. The molecule has 1 aromatic carbocycles. The molecule has 4 rings (SSSR count). The number of benzene rings is 1. The summed E-state index contributed by atoms with van der Waals surface area (Å²) >= 11 is 0. The minimum absolute atomic E-state index is 0.316. The predicted molar refractivity (Wildman–Crippen MR) is 92.9 cm³/mol. The van der Waals surface area contributed by atoms with Gasteiger partial charge in [0.2, 0.25) is 5.82 Å². The first kappa shape index (κ1) is 16.3. The summed E-state index contributed by atoms with van der Waals surface area (Å²) in [7, 11) is 0. The zero-order chi connectivity index (χ0) is 18.3.